The summed E-state index contributed by atoms with van der Waals surface area (Å²) >= 11 is 0. The molecule has 0 aliphatic rings. The van der Waals surface area contributed by atoms with Crippen LogP contribution >= 0.6 is 0 Å². The normalized spacial score (nSPS) is 10.7. The van der Waals surface area contributed by atoms with Crippen LogP contribution in [0, 0.1) is 0 Å². The van der Waals surface area contributed by atoms with Crippen molar-refractivity contribution in [1.82, 2.24) is 0 Å². The molecular weight excluding hydrogens is 200 g/mol. The van der Waals surface area contributed by atoms with Crippen molar-refractivity contribution in [3.05, 3.63) is 0 Å². The first-order valence-electron chi connectivity index (χ1n) is 4.89. The van der Waals surface area contributed by atoms with Crippen LogP contribution in [0.3, 0.4) is 0 Å². The molecule has 0 aromatic heterocycles. The molecular formula is C9H24O4Si. The maximum absolute atomic E-state index is 5.08. The summed E-state index contributed by atoms with van der Waals surface area (Å²) in [5.41, 5.74) is 0. The van der Waals surface area contributed by atoms with Gasteiger partial charge in [-0.05, 0) is 13.8 Å². The minimum absolute atomic E-state index is 0.816. The zero-order chi connectivity index (χ0) is 11.4. The molecule has 0 saturated carbocycles. The Kier molecular flexibility index (Phi) is 13.1. The van der Waals surface area contributed by atoms with Crippen LogP contribution in [0.25, 0.3) is 0 Å². The molecule has 0 rings (SSSR count). The Bertz CT molecular complexity index is 87.5. The summed E-state index contributed by atoms with van der Waals surface area (Å²) in [6.07, 6.45) is 0. The van der Waals surface area contributed by atoms with E-state index in [4.69, 9.17) is 18.0 Å². The van der Waals surface area contributed by atoms with Crippen molar-refractivity contribution < 1.29 is 18.0 Å². The number of hydrogen-bond acceptors (Lipinski definition) is 4. The third kappa shape index (κ3) is 7.46. The Hall–Kier alpha value is 0.0569. The van der Waals surface area contributed by atoms with Crippen LogP contribution in [-0.2, 0) is 18.0 Å². The van der Waals surface area contributed by atoms with Crippen LogP contribution in [0.15, 0.2) is 0 Å². The highest BCUT2D eigenvalue weighted by atomic mass is 28.4. The summed E-state index contributed by atoms with van der Waals surface area (Å²) in [5, 5.41) is 0. The number of hydrogen-bond donors (Lipinski definition) is 0. The second-order valence-electron chi connectivity index (χ2n) is 2.43. The van der Waals surface area contributed by atoms with Gasteiger partial charge in [-0.3, -0.25) is 0 Å². The summed E-state index contributed by atoms with van der Waals surface area (Å²) in [4.78, 5) is 0. The zero-order valence-corrected chi connectivity index (χ0v) is 11.3. The van der Waals surface area contributed by atoms with Crippen LogP contribution in [-0.4, -0.2) is 43.3 Å². The van der Waals surface area contributed by atoms with Crippen molar-refractivity contribution in [1.29, 1.82) is 0 Å². The topological polar surface area (TPSA) is 36.9 Å². The first-order valence-corrected chi connectivity index (χ1v) is 6.82. The highest BCUT2D eigenvalue weighted by Gasteiger charge is 2.34. The summed E-state index contributed by atoms with van der Waals surface area (Å²) < 4.78 is 20.1. The first-order chi connectivity index (χ1) is 6.66. The van der Waals surface area contributed by atoms with Gasteiger partial charge in [0.25, 0.3) is 0 Å². The van der Waals surface area contributed by atoms with E-state index < -0.39 is 8.80 Å². The standard InChI is InChI=1S/C5H14O3Si.C4H10O/c1-5-9(6-2,7-3)8-4;1-3-5-4-2/h5H2,1-4H3;3-4H2,1-2H3. The SMILES string of the molecule is CCOCC.CC[Si](OC)(OC)OC. The fourth-order valence-electron chi connectivity index (χ4n) is 0.887. The van der Waals surface area contributed by atoms with Crippen molar-refractivity contribution >= 4 is 8.80 Å². The fourth-order valence-corrected chi connectivity index (χ4v) is 2.25. The molecule has 0 unspecified atom stereocenters. The Labute approximate surface area is 88.9 Å². The molecule has 14 heavy (non-hydrogen) atoms. The van der Waals surface area contributed by atoms with E-state index in [1.807, 2.05) is 20.8 Å². The van der Waals surface area contributed by atoms with Crippen LogP contribution in [0.4, 0.5) is 0 Å². The van der Waals surface area contributed by atoms with E-state index in [9.17, 15) is 0 Å². The van der Waals surface area contributed by atoms with Gasteiger partial charge in [-0.1, -0.05) is 6.92 Å². The lowest BCUT2D eigenvalue weighted by Crippen LogP contribution is -2.41. The summed E-state index contributed by atoms with van der Waals surface area (Å²) in [6, 6.07) is 0.816. The summed E-state index contributed by atoms with van der Waals surface area (Å²) in [6.45, 7) is 7.66. The van der Waals surface area contributed by atoms with Crippen molar-refractivity contribution in [2.75, 3.05) is 34.5 Å². The minimum Gasteiger partial charge on any atom is -0.382 e. The average Bonchev–Trinajstić information content (AvgIpc) is 2.24. The Balaban J connectivity index is 0. The van der Waals surface area contributed by atoms with Crippen molar-refractivity contribution in [3.8, 4) is 0 Å². The Morgan fingerprint density at radius 2 is 1.14 bits per heavy atom. The molecule has 0 bridgehead atoms. The number of ether oxygens (including phenoxy) is 1. The van der Waals surface area contributed by atoms with Crippen LogP contribution in [0.1, 0.15) is 20.8 Å². The Morgan fingerprint density at radius 3 is 1.14 bits per heavy atom. The summed E-state index contributed by atoms with van der Waals surface area (Å²) in [7, 11) is 2.65. The van der Waals surface area contributed by atoms with Gasteiger partial charge in [-0.15, -0.1) is 0 Å². The molecule has 0 heterocycles. The monoisotopic (exact) mass is 224 g/mol. The lowest BCUT2D eigenvalue weighted by molar-refractivity contribution is 0.125. The van der Waals surface area contributed by atoms with Gasteiger partial charge in [0.1, 0.15) is 0 Å². The lowest BCUT2D eigenvalue weighted by Gasteiger charge is -2.22. The molecule has 0 radical (unpaired) electrons. The van der Waals surface area contributed by atoms with Crippen LogP contribution in [0.2, 0.25) is 6.04 Å². The van der Waals surface area contributed by atoms with Gasteiger partial charge in [0.05, 0.1) is 0 Å². The quantitative estimate of drug-likeness (QED) is 0.646. The first kappa shape index (κ1) is 16.5. The molecule has 4 nitrogen and oxygen atoms in total. The maximum atomic E-state index is 5.08. The predicted molar refractivity (Wildman–Crippen MR) is 59.4 cm³/mol. The van der Waals surface area contributed by atoms with Gasteiger partial charge < -0.3 is 18.0 Å². The highest BCUT2D eigenvalue weighted by Crippen LogP contribution is 2.10. The summed E-state index contributed by atoms with van der Waals surface area (Å²) in [5.74, 6) is 0. The molecule has 0 atom stereocenters. The zero-order valence-electron chi connectivity index (χ0n) is 10.3. The van der Waals surface area contributed by atoms with E-state index in [0.717, 1.165) is 19.3 Å². The minimum atomic E-state index is -2.19. The van der Waals surface area contributed by atoms with Gasteiger partial charge in [-0.2, -0.15) is 0 Å². The van der Waals surface area contributed by atoms with Gasteiger partial charge in [-0.25, -0.2) is 0 Å². The third-order valence-electron chi connectivity index (χ3n) is 1.77. The van der Waals surface area contributed by atoms with Crippen molar-refractivity contribution in [2.24, 2.45) is 0 Å². The van der Waals surface area contributed by atoms with E-state index in [-0.39, 0.29) is 0 Å². The largest absolute Gasteiger partial charge is 0.499 e. The van der Waals surface area contributed by atoms with E-state index in [1.54, 1.807) is 21.3 Å². The fraction of sp³-hybridized carbons (Fsp3) is 1.00. The highest BCUT2D eigenvalue weighted by molar-refractivity contribution is 6.60. The molecule has 0 N–H and O–H groups in total. The molecule has 0 aliphatic heterocycles. The molecule has 0 amide bonds. The smallest absolute Gasteiger partial charge is 0.382 e. The van der Waals surface area contributed by atoms with Crippen LogP contribution in [0.5, 0.6) is 0 Å². The lowest BCUT2D eigenvalue weighted by atomic mass is 10.8. The molecule has 0 aromatic rings. The maximum Gasteiger partial charge on any atom is 0.499 e. The third-order valence-corrected chi connectivity index (χ3v) is 4.51. The second kappa shape index (κ2) is 11.1. The van der Waals surface area contributed by atoms with E-state index in [1.165, 1.54) is 0 Å². The van der Waals surface area contributed by atoms with Crippen molar-refractivity contribution in [3.63, 3.8) is 0 Å². The van der Waals surface area contributed by atoms with Gasteiger partial charge >= 0.3 is 8.80 Å². The molecule has 0 saturated heterocycles. The molecule has 0 aromatic carbocycles. The predicted octanol–water partition coefficient (Wildman–Crippen LogP) is 1.93. The molecule has 5 heteroatoms. The second-order valence-corrected chi connectivity index (χ2v) is 5.73. The molecule has 88 valence electrons. The van der Waals surface area contributed by atoms with E-state index >= 15 is 0 Å². The average molecular weight is 224 g/mol. The van der Waals surface area contributed by atoms with E-state index in [0.29, 0.717) is 0 Å². The number of rotatable bonds is 6. The van der Waals surface area contributed by atoms with Gasteiger partial charge in [0, 0.05) is 40.6 Å². The molecule has 0 spiro atoms. The van der Waals surface area contributed by atoms with E-state index in [2.05, 4.69) is 0 Å². The van der Waals surface area contributed by atoms with Crippen LogP contribution < -0.4 is 0 Å². The van der Waals surface area contributed by atoms with Crippen molar-refractivity contribution in [2.45, 2.75) is 26.8 Å². The van der Waals surface area contributed by atoms with Gasteiger partial charge in [0.2, 0.25) is 0 Å². The molecule has 0 fully saturated rings. The van der Waals surface area contributed by atoms with Gasteiger partial charge in [0.15, 0.2) is 0 Å². The molecule has 0 aliphatic carbocycles. The Morgan fingerprint density at radius 1 is 0.786 bits per heavy atom.